The summed E-state index contributed by atoms with van der Waals surface area (Å²) in [7, 11) is 0. The molecule has 0 radical (unpaired) electrons. The fourth-order valence-electron chi connectivity index (χ4n) is 0.189. The topological polar surface area (TPSA) is 17.1 Å². The fourth-order valence-corrected chi connectivity index (χ4v) is 0.189. The first-order chi connectivity index (χ1) is 3.31. The molecule has 0 unspecified atom stereocenters. The van der Waals surface area contributed by atoms with E-state index in [1.54, 1.807) is 12.9 Å². The quantitative estimate of drug-likeness (QED) is 0.347. The lowest BCUT2D eigenvalue weighted by Gasteiger charge is -1.76. The lowest BCUT2D eigenvalue weighted by atomic mass is 10.3. The third-order valence-corrected chi connectivity index (χ3v) is 0.541. The highest BCUT2D eigenvalue weighted by Crippen LogP contribution is 1.88. The van der Waals surface area contributed by atoms with Crippen LogP contribution in [0, 0.1) is 12.3 Å². The Labute approximate surface area is 43.0 Å². The van der Waals surface area contributed by atoms with Crippen molar-refractivity contribution in [3.8, 4) is 12.3 Å². The highest BCUT2D eigenvalue weighted by molar-refractivity contribution is 5.52. The molecule has 1 nitrogen and oxygen atoms in total. The van der Waals surface area contributed by atoms with Gasteiger partial charge in [-0.3, -0.25) is 0 Å². The van der Waals surface area contributed by atoms with Gasteiger partial charge in [-0.05, 0) is 6.92 Å². The second-order valence-corrected chi connectivity index (χ2v) is 1.26. The van der Waals surface area contributed by atoms with Crippen LogP contribution < -0.4 is 0 Å². The molecule has 0 amide bonds. The number of hydrogen-bond donors (Lipinski definition) is 0. The first-order valence-electron chi connectivity index (χ1n) is 1.95. The molecule has 0 atom stereocenters. The maximum Gasteiger partial charge on any atom is 0.124 e. The molecule has 0 N–H and O–H groups in total. The van der Waals surface area contributed by atoms with Crippen LogP contribution in [0.1, 0.15) is 13.3 Å². The van der Waals surface area contributed by atoms with E-state index in [1.165, 1.54) is 0 Å². The summed E-state index contributed by atoms with van der Waals surface area (Å²) in [5.74, 6) is 4.01. The molecule has 0 heterocycles. The van der Waals surface area contributed by atoms with Crippen molar-refractivity contribution in [2.24, 2.45) is 0 Å². The first-order valence-corrected chi connectivity index (χ1v) is 1.95. The average Bonchev–Trinajstić information content (AvgIpc) is 1.68. The second kappa shape index (κ2) is 3.21. The summed E-state index contributed by atoms with van der Waals surface area (Å²) in [6.07, 6.45) is 5.28. The van der Waals surface area contributed by atoms with Gasteiger partial charge in [0.1, 0.15) is 5.94 Å². The minimum atomic E-state index is 0.420. The SMILES string of the molecule is C#CCC(C)=C=O. The number of allylic oxidation sites excluding steroid dienone is 1. The zero-order valence-corrected chi connectivity index (χ0v) is 4.19. The predicted molar refractivity (Wildman–Crippen MR) is 28.3 cm³/mol. The molecule has 0 fully saturated rings. The lowest BCUT2D eigenvalue weighted by Crippen LogP contribution is -1.69. The normalized spacial score (nSPS) is 6.29. The van der Waals surface area contributed by atoms with E-state index in [2.05, 4.69) is 5.92 Å². The van der Waals surface area contributed by atoms with Crippen LogP contribution in [-0.4, -0.2) is 5.94 Å². The van der Waals surface area contributed by atoms with Crippen LogP contribution in [0.15, 0.2) is 5.57 Å². The van der Waals surface area contributed by atoms with E-state index in [0.29, 0.717) is 12.0 Å². The van der Waals surface area contributed by atoms with Crippen molar-refractivity contribution < 1.29 is 4.79 Å². The van der Waals surface area contributed by atoms with Crippen molar-refractivity contribution in [2.75, 3.05) is 0 Å². The molecular weight excluding hydrogens is 88.1 g/mol. The largest absolute Gasteiger partial charge is 0.234 e. The van der Waals surface area contributed by atoms with E-state index in [4.69, 9.17) is 6.42 Å². The summed E-state index contributed by atoms with van der Waals surface area (Å²) in [5.41, 5.74) is 0.586. The van der Waals surface area contributed by atoms with E-state index >= 15 is 0 Å². The fraction of sp³-hybridized carbons (Fsp3) is 0.333. The molecule has 0 aliphatic heterocycles. The van der Waals surface area contributed by atoms with Crippen LogP contribution >= 0.6 is 0 Å². The van der Waals surface area contributed by atoms with Gasteiger partial charge in [0.25, 0.3) is 0 Å². The van der Waals surface area contributed by atoms with Gasteiger partial charge >= 0.3 is 0 Å². The summed E-state index contributed by atoms with van der Waals surface area (Å²) in [4.78, 5) is 9.64. The molecule has 36 valence electrons. The summed E-state index contributed by atoms with van der Waals surface area (Å²) in [6, 6.07) is 0. The Morgan fingerprint density at radius 3 is 2.57 bits per heavy atom. The van der Waals surface area contributed by atoms with Gasteiger partial charge in [0.15, 0.2) is 0 Å². The Bertz CT molecular complexity index is 133. The molecule has 0 aliphatic carbocycles. The molecule has 1 heteroatoms. The maximum atomic E-state index is 9.64. The first kappa shape index (κ1) is 6.01. The summed E-state index contributed by atoms with van der Waals surface area (Å²) < 4.78 is 0. The zero-order chi connectivity index (χ0) is 5.70. The molecule has 0 aliphatic rings. The predicted octanol–water partition coefficient (Wildman–Crippen LogP) is 0.788. The number of carbonyl (C=O) groups excluding carboxylic acids is 1. The van der Waals surface area contributed by atoms with Crippen LogP contribution in [0.3, 0.4) is 0 Å². The average molecular weight is 94.1 g/mol. The molecule has 0 aromatic rings. The van der Waals surface area contributed by atoms with E-state index in [0.717, 1.165) is 0 Å². The highest BCUT2D eigenvalue weighted by atomic mass is 16.1. The molecule has 0 saturated carbocycles. The Balaban J connectivity index is 3.65. The Morgan fingerprint density at radius 1 is 1.86 bits per heavy atom. The van der Waals surface area contributed by atoms with E-state index in [1.807, 2.05) is 0 Å². The molecule has 7 heavy (non-hydrogen) atoms. The molecular formula is C6H6O. The molecule has 0 spiro atoms. The van der Waals surface area contributed by atoms with E-state index in [9.17, 15) is 4.79 Å². The zero-order valence-electron chi connectivity index (χ0n) is 4.19. The van der Waals surface area contributed by atoms with Gasteiger partial charge in [0.2, 0.25) is 0 Å². The van der Waals surface area contributed by atoms with Crippen molar-refractivity contribution in [3.05, 3.63) is 5.57 Å². The lowest BCUT2D eigenvalue weighted by molar-refractivity contribution is 0.566. The monoisotopic (exact) mass is 94.0 g/mol. The second-order valence-electron chi connectivity index (χ2n) is 1.26. The molecule has 0 rings (SSSR count). The van der Waals surface area contributed by atoms with Gasteiger partial charge in [0, 0.05) is 12.0 Å². The summed E-state index contributed by atoms with van der Waals surface area (Å²) >= 11 is 0. The number of terminal acetylenes is 1. The van der Waals surface area contributed by atoms with Gasteiger partial charge in [-0.2, -0.15) is 0 Å². The van der Waals surface area contributed by atoms with Crippen LogP contribution in [0.4, 0.5) is 0 Å². The molecule has 0 bridgehead atoms. The maximum absolute atomic E-state index is 9.64. The minimum absolute atomic E-state index is 0.420. The molecule has 0 aromatic carbocycles. The standard InChI is InChI=1S/C6H6O/c1-3-4-6(2)5-7/h1H,4H2,2H3. The van der Waals surface area contributed by atoms with Gasteiger partial charge in [-0.25, -0.2) is 4.79 Å². The smallest absolute Gasteiger partial charge is 0.124 e. The molecule has 0 aromatic heterocycles. The van der Waals surface area contributed by atoms with Crippen LogP contribution in [-0.2, 0) is 4.79 Å². The minimum Gasteiger partial charge on any atom is -0.234 e. The Hall–Kier alpha value is -0.990. The summed E-state index contributed by atoms with van der Waals surface area (Å²) in [5, 5.41) is 0. The van der Waals surface area contributed by atoms with Crippen molar-refractivity contribution in [3.63, 3.8) is 0 Å². The van der Waals surface area contributed by atoms with Crippen molar-refractivity contribution in [2.45, 2.75) is 13.3 Å². The van der Waals surface area contributed by atoms with E-state index < -0.39 is 0 Å². The number of rotatable bonds is 1. The third-order valence-electron chi connectivity index (χ3n) is 0.541. The molecule has 0 saturated heterocycles. The van der Waals surface area contributed by atoms with Crippen molar-refractivity contribution >= 4 is 5.94 Å². The third kappa shape index (κ3) is 2.82. The van der Waals surface area contributed by atoms with Crippen molar-refractivity contribution in [1.29, 1.82) is 0 Å². The highest BCUT2D eigenvalue weighted by Gasteiger charge is 1.79. The summed E-state index contributed by atoms with van der Waals surface area (Å²) in [6.45, 7) is 1.66. The van der Waals surface area contributed by atoms with Gasteiger partial charge in [0.05, 0.1) is 0 Å². The van der Waals surface area contributed by atoms with Crippen LogP contribution in [0.25, 0.3) is 0 Å². The Kier molecular flexibility index (Phi) is 2.76. The van der Waals surface area contributed by atoms with E-state index in [-0.39, 0.29) is 0 Å². The van der Waals surface area contributed by atoms with Crippen LogP contribution in [0.2, 0.25) is 0 Å². The van der Waals surface area contributed by atoms with Gasteiger partial charge in [-0.15, -0.1) is 12.3 Å². The van der Waals surface area contributed by atoms with Gasteiger partial charge < -0.3 is 0 Å². The van der Waals surface area contributed by atoms with Crippen LogP contribution in [0.5, 0.6) is 0 Å². The van der Waals surface area contributed by atoms with Crippen molar-refractivity contribution in [1.82, 2.24) is 0 Å². The van der Waals surface area contributed by atoms with Gasteiger partial charge in [-0.1, -0.05) is 0 Å². The Morgan fingerprint density at radius 2 is 2.43 bits per heavy atom. The number of hydrogen-bond acceptors (Lipinski definition) is 1.